The number of rotatable bonds is 0. The highest BCUT2D eigenvalue weighted by Gasteiger charge is 2.14. The minimum Gasteiger partial charge on any atom is -0.386 e. The van der Waals surface area contributed by atoms with E-state index in [4.69, 9.17) is 5.11 Å². The summed E-state index contributed by atoms with van der Waals surface area (Å²) in [5, 5.41) is 8.55. The van der Waals surface area contributed by atoms with Gasteiger partial charge in [0.25, 0.3) is 0 Å². The first kappa shape index (κ1) is 4.78. The summed E-state index contributed by atoms with van der Waals surface area (Å²) in [5.41, 5.74) is 0. The van der Waals surface area contributed by atoms with Crippen molar-refractivity contribution < 1.29 is 9.50 Å². The molecule has 0 aromatic carbocycles. The van der Waals surface area contributed by atoms with E-state index in [0.29, 0.717) is 12.8 Å². The molecular formula is C5H7FO. The SMILES string of the molecule is OC1CCC=C1F. The Bertz CT molecular complexity index is 98.3. The third kappa shape index (κ3) is 0.800. The molecule has 7 heavy (non-hydrogen) atoms. The molecule has 1 rings (SSSR count). The summed E-state index contributed by atoms with van der Waals surface area (Å²) in [6.07, 6.45) is 1.88. The largest absolute Gasteiger partial charge is 0.386 e. The second-order valence-electron chi connectivity index (χ2n) is 1.68. The summed E-state index contributed by atoms with van der Waals surface area (Å²) in [7, 11) is 0. The van der Waals surface area contributed by atoms with Crippen LogP contribution in [0.3, 0.4) is 0 Å². The van der Waals surface area contributed by atoms with Crippen molar-refractivity contribution in [3.8, 4) is 0 Å². The van der Waals surface area contributed by atoms with Crippen LogP contribution in [0.1, 0.15) is 12.8 Å². The Morgan fingerprint density at radius 2 is 2.57 bits per heavy atom. The fourth-order valence-corrected chi connectivity index (χ4v) is 0.653. The molecule has 0 aromatic heterocycles. The van der Waals surface area contributed by atoms with Crippen LogP contribution < -0.4 is 0 Å². The fourth-order valence-electron chi connectivity index (χ4n) is 0.653. The van der Waals surface area contributed by atoms with Crippen LogP contribution in [0.4, 0.5) is 4.39 Å². The van der Waals surface area contributed by atoms with Gasteiger partial charge in [0, 0.05) is 0 Å². The second kappa shape index (κ2) is 1.62. The predicted octanol–water partition coefficient (Wildman–Crippen LogP) is 0.994. The molecule has 1 aliphatic carbocycles. The van der Waals surface area contributed by atoms with Gasteiger partial charge in [-0.3, -0.25) is 0 Å². The van der Waals surface area contributed by atoms with Gasteiger partial charge in [0.05, 0.1) is 0 Å². The van der Waals surface area contributed by atoms with E-state index in [1.165, 1.54) is 6.08 Å². The van der Waals surface area contributed by atoms with E-state index >= 15 is 0 Å². The highest BCUT2D eigenvalue weighted by molar-refractivity contribution is 5.04. The topological polar surface area (TPSA) is 20.2 Å². The van der Waals surface area contributed by atoms with E-state index in [1.807, 2.05) is 0 Å². The van der Waals surface area contributed by atoms with Crippen LogP contribution in [0.15, 0.2) is 11.9 Å². The molecule has 40 valence electrons. The van der Waals surface area contributed by atoms with E-state index in [0.717, 1.165) is 0 Å². The highest BCUT2D eigenvalue weighted by atomic mass is 19.1. The predicted molar refractivity (Wildman–Crippen MR) is 24.4 cm³/mol. The molecule has 0 spiro atoms. The first-order valence-electron chi connectivity index (χ1n) is 2.34. The van der Waals surface area contributed by atoms with Gasteiger partial charge in [-0.25, -0.2) is 4.39 Å². The monoisotopic (exact) mass is 102 g/mol. The summed E-state index contributed by atoms with van der Waals surface area (Å²) in [4.78, 5) is 0. The number of aliphatic hydroxyl groups is 1. The van der Waals surface area contributed by atoms with Crippen LogP contribution in [0, 0.1) is 0 Å². The van der Waals surface area contributed by atoms with Gasteiger partial charge in [0.2, 0.25) is 0 Å². The Balaban J connectivity index is 2.54. The lowest BCUT2D eigenvalue weighted by Crippen LogP contribution is -1.99. The molecule has 0 saturated carbocycles. The van der Waals surface area contributed by atoms with Crippen LogP contribution >= 0.6 is 0 Å². The lowest BCUT2D eigenvalue weighted by atomic mass is 10.3. The fraction of sp³-hybridized carbons (Fsp3) is 0.600. The molecule has 0 bridgehead atoms. The van der Waals surface area contributed by atoms with Crippen molar-refractivity contribution in [1.82, 2.24) is 0 Å². The molecule has 1 aliphatic rings. The first-order chi connectivity index (χ1) is 3.30. The van der Waals surface area contributed by atoms with Gasteiger partial charge in [-0.05, 0) is 12.8 Å². The molecule has 0 aliphatic heterocycles. The van der Waals surface area contributed by atoms with Gasteiger partial charge in [0.1, 0.15) is 11.9 Å². The standard InChI is InChI=1S/C5H7FO/c6-4-2-1-3-5(4)7/h2,5,7H,1,3H2. The summed E-state index contributed by atoms with van der Waals surface area (Å²) >= 11 is 0. The zero-order valence-electron chi connectivity index (χ0n) is 3.89. The molecule has 1 nitrogen and oxygen atoms in total. The summed E-state index contributed by atoms with van der Waals surface area (Å²) in [6.45, 7) is 0. The number of halogens is 1. The molecule has 0 saturated heterocycles. The van der Waals surface area contributed by atoms with Gasteiger partial charge >= 0.3 is 0 Å². The molecule has 0 radical (unpaired) electrons. The van der Waals surface area contributed by atoms with Crippen LogP contribution in [0.2, 0.25) is 0 Å². The van der Waals surface area contributed by atoms with Crippen molar-refractivity contribution in [2.45, 2.75) is 18.9 Å². The van der Waals surface area contributed by atoms with E-state index in [2.05, 4.69) is 0 Å². The molecule has 0 heterocycles. The third-order valence-corrected chi connectivity index (χ3v) is 1.10. The molecule has 0 amide bonds. The van der Waals surface area contributed by atoms with Crippen molar-refractivity contribution in [3.05, 3.63) is 11.9 Å². The lowest BCUT2D eigenvalue weighted by molar-refractivity contribution is 0.186. The normalized spacial score (nSPS) is 30.6. The number of aliphatic hydroxyl groups excluding tert-OH is 1. The minimum absolute atomic E-state index is 0.361. The summed E-state index contributed by atoms with van der Waals surface area (Å²) < 4.78 is 11.9. The van der Waals surface area contributed by atoms with Crippen LogP contribution in [-0.2, 0) is 0 Å². The quantitative estimate of drug-likeness (QED) is 0.483. The molecule has 1 atom stereocenters. The van der Waals surface area contributed by atoms with Crippen LogP contribution in [0.25, 0.3) is 0 Å². The smallest absolute Gasteiger partial charge is 0.124 e. The Hall–Kier alpha value is -0.370. The van der Waals surface area contributed by atoms with Gasteiger partial charge in [-0.2, -0.15) is 0 Å². The van der Waals surface area contributed by atoms with Crippen molar-refractivity contribution in [3.63, 3.8) is 0 Å². The third-order valence-electron chi connectivity index (χ3n) is 1.10. The zero-order chi connectivity index (χ0) is 5.28. The number of hydrogen-bond acceptors (Lipinski definition) is 1. The van der Waals surface area contributed by atoms with Crippen LogP contribution in [0.5, 0.6) is 0 Å². The molecule has 1 unspecified atom stereocenters. The van der Waals surface area contributed by atoms with Crippen LogP contribution in [-0.4, -0.2) is 11.2 Å². The van der Waals surface area contributed by atoms with Gasteiger partial charge in [-0.1, -0.05) is 6.08 Å². The second-order valence-corrected chi connectivity index (χ2v) is 1.68. The minimum atomic E-state index is -0.792. The maximum Gasteiger partial charge on any atom is 0.124 e. The Labute approximate surface area is 41.5 Å². The van der Waals surface area contributed by atoms with E-state index < -0.39 is 6.10 Å². The summed E-state index contributed by atoms with van der Waals surface area (Å²) in [5.74, 6) is -0.361. The molecular weight excluding hydrogens is 95.1 g/mol. The Morgan fingerprint density at radius 3 is 2.71 bits per heavy atom. The van der Waals surface area contributed by atoms with Gasteiger partial charge in [-0.15, -0.1) is 0 Å². The lowest BCUT2D eigenvalue weighted by Gasteiger charge is -1.94. The highest BCUT2D eigenvalue weighted by Crippen LogP contribution is 2.18. The Kier molecular flexibility index (Phi) is 1.11. The summed E-state index contributed by atoms with van der Waals surface area (Å²) in [6, 6.07) is 0. The average Bonchev–Trinajstić information content (AvgIpc) is 1.91. The Morgan fingerprint density at radius 1 is 1.86 bits per heavy atom. The van der Waals surface area contributed by atoms with Crippen molar-refractivity contribution >= 4 is 0 Å². The van der Waals surface area contributed by atoms with E-state index in [1.54, 1.807) is 0 Å². The number of allylic oxidation sites excluding steroid dienone is 1. The molecule has 0 aromatic rings. The maximum atomic E-state index is 11.9. The van der Waals surface area contributed by atoms with E-state index in [9.17, 15) is 4.39 Å². The number of hydrogen-bond donors (Lipinski definition) is 1. The zero-order valence-corrected chi connectivity index (χ0v) is 3.89. The van der Waals surface area contributed by atoms with Crippen molar-refractivity contribution in [1.29, 1.82) is 0 Å². The van der Waals surface area contributed by atoms with E-state index in [-0.39, 0.29) is 5.83 Å². The maximum absolute atomic E-state index is 11.9. The first-order valence-corrected chi connectivity index (χ1v) is 2.34. The van der Waals surface area contributed by atoms with Crippen molar-refractivity contribution in [2.75, 3.05) is 0 Å². The van der Waals surface area contributed by atoms with Gasteiger partial charge in [0.15, 0.2) is 0 Å². The van der Waals surface area contributed by atoms with Crippen molar-refractivity contribution in [2.24, 2.45) is 0 Å². The molecule has 1 N–H and O–H groups in total. The van der Waals surface area contributed by atoms with Gasteiger partial charge < -0.3 is 5.11 Å². The molecule has 2 heteroatoms. The molecule has 0 fully saturated rings. The average molecular weight is 102 g/mol.